The highest BCUT2D eigenvalue weighted by atomic mass is 35.5. The van der Waals surface area contributed by atoms with Gasteiger partial charge >= 0.3 is 0 Å². The summed E-state index contributed by atoms with van der Waals surface area (Å²) in [6.07, 6.45) is 1.61. The Labute approximate surface area is 167 Å². The molecule has 3 aromatic rings. The van der Waals surface area contributed by atoms with Crippen LogP contribution in [0.3, 0.4) is 0 Å². The highest BCUT2D eigenvalue weighted by molar-refractivity contribution is 7.80. The lowest BCUT2D eigenvalue weighted by atomic mass is 10.2. The maximum atomic E-state index is 13.9. The van der Waals surface area contributed by atoms with Crippen molar-refractivity contribution >= 4 is 40.4 Å². The molecule has 0 saturated heterocycles. The van der Waals surface area contributed by atoms with E-state index >= 15 is 0 Å². The predicted octanol–water partition coefficient (Wildman–Crippen LogP) is 5.57. The van der Waals surface area contributed by atoms with Gasteiger partial charge in [0.25, 0.3) is 0 Å². The number of nitrogens with zero attached hydrogens (tertiary/aromatic N) is 1. The van der Waals surface area contributed by atoms with Gasteiger partial charge in [0.2, 0.25) is 0 Å². The van der Waals surface area contributed by atoms with Crippen LogP contribution in [-0.2, 0) is 6.61 Å². The molecule has 27 heavy (non-hydrogen) atoms. The van der Waals surface area contributed by atoms with Crippen LogP contribution in [0, 0.1) is 12.7 Å². The number of anilines is 2. The average Bonchev–Trinajstić information content (AvgIpc) is 2.64. The normalized spacial score (nSPS) is 10.3. The highest BCUT2D eigenvalue weighted by Crippen LogP contribution is 2.25. The topological polar surface area (TPSA) is 46.2 Å². The Morgan fingerprint density at radius 3 is 2.63 bits per heavy atom. The van der Waals surface area contributed by atoms with Gasteiger partial charge in [-0.15, -0.1) is 0 Å². The molecule has 0 radical (unpaired) electrons. The third kappa shape index (κ3) is 5.15. The van der Waals surface area contributed by atoms with E-state index in [1.165, 1.54) is 6.07 Å². The standard InChI is InChI=1S/C20H17ClFN3OS/c1-13-7-9-14(10-8-13)24-20(27)25-19-18(6-3-11-23-19)26-12-15-16(21)4-2-5-17(15)22/h2-11H,12H2,1H3,(H2,23,24,25,27). The Balaban J connectivity index is 1.68. The minimum absolute atomic E-state index is 0.0238. The fourth-order valence-electron chi connectivity index (χ4n) is 2.33. The number of thiocarbonyl (C=S) groups is 1. The molecular weight excluding hydrogens is 385 g/mol. The van der Waals surface area contributed by atoms with Gasteiger partial charge in [0.05, 0.1) is 5.02 Å². The van der Waals surface area contributed by atoms with E-state index in [9.17, 15) is 4.39 Å². The molecule has 0 unspecified atom stereocenters. The van der Waals surface area contributed by atoms with Crippen LogP contribution in [0.1, 0.15) is 11.1 Å². The van der Waals surface area contributed by atoms with E-state index in [0.29, 0.717) is 21.7 Å². The molecule has 1 heterocycles. The smallest absolute Gasteiger partial charge is 0.176 e. The van der Waals surface area contributed by atoms with E-state index in [1.807, 2.05) is 31.2 Å². The van der Waals surface area contributed by atoms with Crippen LogP contribution in [0.15, 0.2) is 60.8 Å². The quantitative estimate of drug-likeness (QED) is 0.547. The molecule has 0 aliphatic rings. The number of aromatic nitrogens is 1. The van der Waals surface area contributed by atoms with Crippen molar-refractivity contribution < 1.29 is 9.13 Å². The molecule has 138 valence electrons. The number of hydrogen-bond donors (Lipinski definition) is 2. The summed E-state index contributed by atoms with van der Waals surface area (Å²) < 4.78 is 19.6. The van der Waals surface area contributed by atoms with Crippen LogP contribution in [0.25, 0.3) is 0 Å². The molecule has 3 rings (SSSR count). The van der Waals surface area contributed by atoms with Gasteiger partial charge in [-0.1, -0.05) is 35.4 Å². The summed E-state index contributed by atoms with van der Waals surface area (Å²) in [5.41, 5.74) is 2.30. The van der Waals surface area contributed by atoms with Gasteiger partial charge in [0, 0.05) is 17.4 Å². The van der Waals surface area contributed by atoms with Crippen molar-refractivity contribution in [3.63, 3.8) is 0 Å². The summed E-state index contributed by atoms with van der Waals surface area (Å²) in [6, 6.07) is 15.8. The van der Waals surface area contributed by atoms with Crippen molar-refractivity contribution in [1.29, 1.82) is 0 Å². The Bertz CT molecular complexity index is 930. The first-order valence-corrected chi connectivity index (χ1v) is 8.97. The van der Waals surface area contributed by atoms with Crippen LogP contribution in [0.5, 0.6) is 5.75 Å². The number of halogens is 2. The molecule has 0 atom stereocenters. The summed E-state index contributed by atoms with van der Waals surface area (Å²) >= 11 is 11.4. The number of benzene rings is 2. The summed E-state index contributed by atoms with van der Waals surface area (Å²) in [6.45, 7) is 1.99. The van der Waals surface area contributed by atoms with Crippen LogP contribution in [0.2, 0.25) is 5.02 Å². The Morgan fingerprint density at radius 2 is 1.89 bits per heavy atom. The first-order valence-electron chi connectivity index (χ1n) is 8.18. The van der Waals surface area contributed by atoms with Crippen molar-refractivity contribution in [2.24, 2.45) is 0 Å². The first-order chi connectivity index (χ1) is 13.0. The second-order valence-electron chi connectivity index (χ2n) is 5.78. The highest BCUT2D eigenvalue weighted by Gasteiger charge is 2.11. The zero-order valence-corrected chi connectivity index (χ0v) is 16.1. The molecule has 0 spiro atoms. The summed E-state index contributed by atoms with van der Waals surface area (Å²) in [7, 11) is 0. The van der Waals surface area contributed by atoms with E-state index in [2.05, 4.69) is 15.6 Å². The van der Waals surface area contributed by atoms with Gasteiger partial charge < -0.3 is 15.4 Å². The lowest BCUT2D eigenvalue weighted by molar-refractivity contribution is 0.300. The predicted molar refractivity (Wildman–Crippen MR) is 111 cm³/mol. The number of rotatable bonds is 5. The fraction of sp³-hybridized carbons (Fsp3) is 0.100. The molecule has 4 nitrogen and oxygen atoms in total. The van der Waals surface area contributed by atoms with E-state index < -0.39 is 5.82 Å². The molecule has 7 heteroatoms. The molecule has 0 amide bonds. The van der Waals surface area contributed by atoms with Gasteiger partial charge in [0.1, 0.15) is 12.4 Å². The van der Waals surface area contributed by atoms with E-state index in [-0.39, 0.29) is 12.2 Å². The minimum Gasteiger partial charge on any atom is -0.485 e. The number of pyridine rings is 1. The molecule has 2 aromatic carbocycles. The van der Waals surface area contributed by atoms with Gasteiger partial charge in [0.15, 0.2) is 16.7 Å². The Hall–Kier alpha value is -2.70. The number of hydrogen-bond acceptors (Lipinski definition) is 3. The second-order valence-corrected chi connectivity index (χ2v) is 6.60. The molecular formula is C20H17ClFN3OS. The molecule has 2 N–H and O–H groups in total. The largest absolute Gasteiger partial charge is 0.485 e. The lowest BCUT2D eigenvalue weighted by Crippen LogP contribution is -2.20. The van der Waals surface area contributed by atoms with Gasteiger partial charge in [-0.3, -0.25) is 0 Å². The maximum absolute atomic E-state index is 13.9. The number of ether oxygens (including phenoxy) is 1. The van der Waals surface area contributed by atoms with Crippen molar-refractivity contribution in [1.82, 2.24) is 4.98 Å². The maximum Gasteiger partial charge on any atom is 0.176 e. The summed E-state index contributed by atoms with van der Waals surface area (Å²) in [5.74, 6) is 0.442. The Kier molecular flexibility index (Phi) is 6.21. The SMILES string of the molecule is Cc1ccc(NC(=S)Nc2ncccc2OCc2c(F)cccc2Cl)cc1. The lowest BCUT2D eigenvalue weighted by Gasteiger charge is -2.14. The van der Waals surface area contributed by atoms with E-state index in [4.69, 9.17) is 28.6 Å². The first kappa shape index (κ1) is 19.1. The van der Waals surface area contributed by atoms with Gasteiger partial charge in [-0.25, -0.2) is 9.37 Å². The molecule has 0 aliphatic carbocycles. The number of nitrogens with one attached hydrogen (secondary N) is 2. The van der Waals surface area contributed by atoms with Crippen molar-refractivity contribution in [3.05, 3.63) is 82.8 Å². The summed E-state index contributed by atoms with van der Waals surface area (Å²) in [5, 5.41) is 6.75. The molecule has 1 aromatic heterocycles. The molecule has 0 saturated carbocycles. The van der Waals surface area contributed by atoms with E-state index in [1.54, 1.807) is 30.5 Å². The zero-order valence-electron chi connectivity index (χ0n) is 14.5. The fourth-order valence-corrected chi connectivity index (χ4v) is 2.76. The van der Waals surface area contributed by atoms with Gasteiger partial charge in [-0.2, -0.15) is 0 Å². The third-order valence-corrected chi connectivity index (χ3v) is 4.30. The molecule has 0 fully saturated rings. The average molecular weight is 402 g/mol. The van der Waals surface area contributed by atoms with Crippen molar-refractivity contribution in [3.8, 4) is 5.75 Å². The van der Waals surface area contributed by atoms with Crippen LogP contribution in [0.4, 0.5) is 15.9 Å². The monoisotopic (exact) mass is 401 g/mol. The van der Waals surface area contributed by atoms with Gasteiger partial charge in [-0.05, 0) is 55.5 Å². The van der Waals surface area contributed by atoms with Crippen LogP contribution in [-0.4, -0.2) is 10.1 Å². The third-order valence-electron chi connectivity index (χ3n) is 3.75. The zero-order chi connectivity index (χ0) is 19.2. The molecule has 0 aliphatic heterocycles. The van der Waals surface area contributed by atoms with Crippen LogP contribution >= 0.6 is 23.8 Å². The Morgan fingerprint density at radius 1 is 1.11 bits per heavy atom. The van der Waals surface area contributed by atoms with Crippen molar-refractivity contribution in [2.45, 2.75) is 13.5 Å². The molecule has 0 bridgehead atoms. The summed E-state index contributed by atoms with van der Waals surface area (Å²) in [4.78, 5) is 4.24. The second kappa shape index (κ2) is 8.79. The van der Waals surface area contributed by atoms with E-state index in [0.717, 1.165) is 11.3 Å². The minimum atomic E-state index is -0.419. The van der Waals surface area contributed by atoms with Crippen LogP contribution < -0.4 is 15.4 Å². The van der Waals surface area contributed by atoms with Crippen molar-refractivity contribution in [2.75, 3.05) is 10.6 Å². The number of aryl methyl sites for hydroxylation is 1.